The predicted molar refractivity (Wildman–Crippen MR) is 125 cm³/mol. The Morgan fingerprint density at radius 3 is 1.83 bits per heavy atom. The monoisotopic (exact) mass is 518 g/mol. The van der Waals surface area contributed by atoms with Crippen molar-refractivity contribution in [2.75, 3.05) is 20.7 Å². The largest absolute Gasteiger partial charge is 0.416 e. The van der Waals surface area contributed by atoms with Gasteiger partial charge < -0.3 is 15.4 Å². The standard InChI is InChI=1S/C11H10F6O.C10H13N.C5H9NO/c1-6(18-2)7-3-8(10(12,13)14)5-9(4-7)11(15,16)17;11-10-6-9(7-10)8-4-2-1-3-5-8;1-6-4-2-3-5(6)7/h3-6H,1-2H3;1-5,9-10H,6-7,11H2;2-4H2,1H3/t6-;;/m1../s1. The first kappa shape index (κ1) is 29.6. The van der Waals surface area contributed by atoms with E-state index < -0.39 is 29.6 Å². The highest BCUT2D eigenvalue weighted by molar-refractivity contribution is 5.77. The van der Waals surface area contributed by atoms with Crippen molar-refractivity contribution < 1.29 is 35.9 Å². The Morgan fingerprint density at radius 2 is 1.50 bits per heavy atom. The lowest BCUT2D eigenvalue weighted by atomic mass is 9.76. The highest BCUT2D eigenvalue weighted by Crippen LogP contribution is 2.38. The summed E-state index contributed by atoms with van der Waals surface area (Å²) in [4.78, 5) is 12.3. The number of methoxy groups -OCH3 is 1. The average Bonchev–Trinajstić information content (AvgIpc) is 3.18. The average molecular weight is 519 g/mol. The fraction of sp³-hybridized carbons (Fsp3) is 0.500. The van der Waals surface area contributed by atoms with E-state index in [0.29, 0.717) is 24.1 Å². The molecule has 0 bridgehead atoms. The Bertz CT molecular complexity index is 940. The summed E-state index contributed by atoms with van der Waals surface area (Å²) in [6.07, 6.45) is -6.36. The van der Waals surface area contributed by atoms with E-state index in [2.05, 4.69) is 30.3 Å². The number of carbonyl (C=O) groups excluding carboxylic acids is 1. The van der Waals surface area contributed by atoms with Gasteiger partial charge >= 0.3 is 12.4 Å². The summed E-state index contributed by atoms with van der Waals surface area (Å²) in [5.41, 5.74) is 4.32. The quantitative estimate of drug-likeness (QED) is 0.468. The van der Waals surface area contributed by atoms with Gasteiger partial charge in [-0.1, -0.05) is 30.3 Å². The number of hydrogen-bond donors (Lipinski definition) is 1. The molecule has 1 atom stereocenters. The number of benzene rings is 2. The third kappa shape index (κ3) is 8.81. The fourth-order valence-electron chi connectivity index (χ4n) is 3.79. The molecule has 2 aromatic carbocycles. The van der Waals surface area contributed by atoms with Gasteiger partial charge in [0.15, 0.2) is 0 Å². The van der Waals surface area contributed by atoms with Crippen molar-refractivity contribution in [1.29, 1.82) is 0 Å². The summed E-state index contributed by atoms with van der Waals surface area (Å²) in [7, 11) is 3.05. The Kier molecular flexibility index (Phi) is 10.4. The number of ether oxygens (including phenoxy) is 1. The molecule has 1 heterocycles. The molecule has 0 unspecified atom stereocenters. The van der Waals surface area contributed by atoms with Crippen molar-refractivity contribution in [2.24, 2.45) is 5.73 Å². The summed E-state index contributed by atoms with van der Waals surface area (Å²) < 4.78 is 79.7. The fourth-order valence-corrected chi connectivity index (χ4v) is 3.79. The highest BCUT2D eigenvalue weighted by atomic mass is 19.4. The molecule has 2 N–H and O–H groups in total. The van der Waals surface area contributed by atoms with Crippen molar-refractivity contribution >= 4 is 5.91 Å². The van der Waals surface area contributed by atoms with Gasteiger partial charge in [-0.25, -0.2) is 0 Å². The second-order valence-electron chi connectivity index (χ2n) is 8.98. The number of nitrogens with zero attached hydrogens (tertiary/aromatic N) is 1. The Balaban J connectivity index is 0.000000212. The van der Waals surface area contributed by atoms with Gasteiger partial charge in [-0.05, 0) is 61.4 Å². The highest BCUT2D eigenvalue weighted by Gasteiger charge is 2.37. The minimum absolute atomic E-state index is 0.0892. The summed E-state index contributed by atoms with van der Waals surface area (Å²) in [6.45, 7) is 2.33. The molecule has 0 aromatic heterocycles. The topological polar surface area (TPSA) is 55.6 Å². The van der Waals surface area contributed by atoms with Gasteiger partial charge in [0.1, 0.15) is 0 Å². The zero-order valence-electron chi connectivity index (χ0n) is 20.5. The molecule has 36 heavy (non-hydrogen) atoms. The van der Waals surface area contributed by atoms with E-state index >= 15 is 0 Å². The van der Waals surface area contributed by atoms with E-state index in [1.54, 1.807) is 4.90 Å². The number of carbonyl (C=O) groups is 1. The molecule has 4 rings (SSSR count). The van der Waals surface area contributed by atoms with Crippen LogP contribution < -0.4 is 5.73 Å². The van der Waals surface area contributed by atoms with Crippen LogP contribution in [0.1, 0.15) is 66.9 Å². The molecule has 0 radical (unpaired) electrons. The SMILES string of the molecule is CN1CCCC1=O.CO[C@H](C)c1cc(C(F)(F)F)cc(C(F)(F)F)c1.NC1CC(c2ccccc2)C1. The zero-order chi connectivity index (χ0) is 27.1. The predicted octanol–water partition coefficient (Wildman–Crippen LogP) is 6.56. The van der Waals surface area contributed by atoms with Crippen molar-refractivity contribution in [3.63, 3.8) is 0 Å². The van der Waals surface area contributed by atoms with Crippen molar-refractivity contribution in [3.05, 3.63) is 70.8 Å². The first-order valence-corrected chi connectivity index (χ1v) is 11.6. The smallest absolute Gasteiger partial charge is 0.377 e. The third-order valence-corrected chi connectivity index (χ3v) is 6.19. The van der Waals surface area contributed by atoms with E-state index in [9.17, 15) is 31.1 Å². The van der Waals surface area contributed by atoms with E-state index in [1.807, 2.05) is 7.05 Å². The van der Waals surface area contributed by atoms with Gasteiger partial charge in [0.25, 0.3) is 0 Å². The van der Waals surface area contributed by atoms with Crippen molar-refractivity contribution in [2.45, 2.75) is 63.0 Å². The van der Waals surface area contributed by atoms with Gasteiger partial charge in [-0.3, -0.25) is 4.79 Å². The maximum atomic E-state index is 12.5. The summed E-state index contributed by atoms with van der Waals surface area (Å²) in [6, 6.07) is 12.5. The maximum absolute atomic E-state index is 12.5. The van der Waals surface area contributed by atoms with Crippen LogP contribution in [0.25, 0.3) is 0 Å². The van der Waals surface area contributed by atoms with Gasteiger partial charge in [-0.15, -0.1) is 0 Å². The van der Waals surface area contributed by atoms with Crippen LogP contribution in [0.4, 0.5) is 26.3 Å². The zero-order valence-corrected chi connectivity index (χ0v) is 20.5. The van der Waals surface area contributed by atoms with Crippen LogP contribution in [-0.2, 0) is 21.9 Å². The van der Waals surface area contributed by atoms with Crippen LogP contribution >= 0.6 is 0 Å². The number of nitrogens with two attached hydrogens (primary N) is 1. The molecule has 10 heteroatoms. The number of rotatable bonds is 3. The lowest BCUT2D eigenvalue weighted by Gasteiger charge is -2.32. The number of halogens is 6. The first-order valence-electron chi connectivity index (χ1n) is 11.6. The lowest BCUT2D eigenvalue weighted by molar-refractivity contribution is -0.143. The molecule has 2 aliphatic rings. The second-order valence-corrected chi connectivity index (χ2v) is 8.98. The normalized spacial score (nSPS) is 20.5. The van der Waals surface area contributed by atoms with Crippen LogP contribution in [0.15, 0.2) is 48.5 Å². The third-order valence-electron chi connectivity index (χ3n) is 6.19. The van der Waals surface area contributed by atoms with Gasteiger partial charge in [-0.2, -0.15) is 26.3 Å². The molecule has 4 nitrogen and oxygen atoms in total. The second kappa shape index (κ2) is 12.6. The molecule has 1 aliphatic carbocycles. The van der Waals surface area contributed by atoms with E-state index in [0.717, 1.165) is 25.3 Å². The van der Waals surface area contributed by atoms with Crippen LogP contribution in [0.3, 0.4) is 0 Å². The lowest BCUT2D eigenvalue weighted by Crippen LogP contribution is -2.34. The molecule has 200 valence electrons. The molecule has 1 amide bonds. The number of amides is 1. The molecule has 2 fully saturated rings. The van der Waals surface area contributed by atoms with Gasteiger partial charge in [0.05, 0.1) is 17.2 Å². The minimum atomic E-state index is -4.83. The van der Waals surface area contributed by atoms with Crippen LogP contribution in [-0.4, -0.2) is 37.6 Å². The molecule has 1 aliphatic heterocycles. The van der Waals surface area contributed by atoms with Crippen molar-refractivity contribution in [3.8, 4) is 0 Å². The van der Waals surface area contributed by atoms with E-state index in [1.165, 1.54) is 32.4 Å². The van der Waals surface area contributed by atoms with Crippen molar-refractivity contribution in [1.82, 2.24) is 4.90 Å². The first-order chi connectivity index (χ1) is 16.7. The molecule has 1 saturated heterocycles. The number of likely N-dealkylation sites (tertiary alicyclic amines) is 1. The molecular weight excluding hydrogens is 486 g/mol. The number of hydrogen-bond acceptors (Lipinski definition) is 3. The van der Waals surface area contributed by atoms with Gasteiger partial charge in [0, 0.05) is 33.2 Å². The van der Waals surface area contributed by atoms with Crippen LogP contribution in [0, 0.1) is 0 Å². The summed E-state index contributed by atoms with van der Waals surface area (Å²) in [5, 5.41) is 0. The maximum Gasteiger partial charge on any atom is 0.416 e. The Morgan fingerprint density at radius 1 is 0.972 bits per heavy atom. The summed E-state index contributed by atoms with van der Waals surface area (Å²) >= 11 is 0. The van der Waals surface area contributed by atoms with E-state index in [4.69, 9.17) is 10.5 Å². The van der Waals surface area contributed by atoms with Crippen LogP contribution in [0.2, 0.25) is 0 Å². The van der Waals surface area contributed by atoms with Gasteiger partial charge in [0.2, 0.25) is 5.91 Å². The van der Waals surface area contributed by atoms with E-state index in [-0.39, 0.29) is 11.6 Å². The Labute approximate surface area is 207 Å². The molecule has 1 saturated carbocycles. The molecule has 2 aromatic rings. The molecular formula is C26H32F6N2O2. The Hall–Kier alpha value is -2.59. The van der Waals surface area contributed by atoms with Crippen LogP contribution in [0.5, 0.6) is 0 Å². The summed E-state index contributed by atoms with van der Waals surface area (Å²) in [5.74, 6) is 1.03. The minimum Gasteiger partial charge on any atom is -0.377 e. The molecule has 0 spiro atoms. The number of alkyl halides is 6.